The molecule has 0 spiro atoms. The molecular formula is C11H20ClN3O2S. The van der Waals surface area contributed by atoms with Gasteiger partial charge in [-0.2, -0.15) is 5.10 Å². The van der Waals surface area contributed by atoms with Gasteiger partial charge in [0.25, 0.3) is 0 Å². The van der Waals surface area contributed by atoms with E-state index in [0.29, 0.717) is 23.8 Å². The Morgan fingerprint density at radius 3 is 2.50 bits per heavy atom. The zero-order valence-corrected chi connectivity index (χ0v) is 12.8. The highest BCUT2D eigenvalue weighted by molar-refractivity contribution is 7.89. The van der Waals surface area contributed by atoms with E-state index in [1.807, 2.05) is 0 Å². The van der Waals surface area contributed by atoms with Gasteiger partial charge in [-0.15, -0.1) is 11.6 Å². The standard InChI is InChI=1S/C11H20ClN3O2S/c1-8(2)14-18(16,17)11-9(3)13-15(10(11)4)7-5-6-12/h8,14H,5-7H2,1-4H3. The first kappa shape index (κ1) is 15.5. The summed E-state index contributed by atoms with van der Waals surface area (Å²) in [4.78, 5) is 0.283. The molecule has 1 N–H and O–H groups in total. The summed E-state index contributed by atoms with van der Waals surface area (Å²) in [7, 11) is -3.49. The maximum absolute atomic E-state index is 12.2. The number of sulfonamides is 1. The summed E-state index contributed by atoms with van der Waals surface area (Å²) in [6.07, 6.45) is 0.764. The second-order valence-corrected chi connectivity index (χ2v) is 6.57. The highest BCUT2D eigenvalue weighted by atomic mass is 35.5. The van der Waals surface area contributed by atoms with Crippen LogP contribution in [0.3, 0.4) is 0 Å². The monoisotopic (exact) mass is 293 g/mol. The number of aryl methyl sites for hydroxylation is 2. The molecular weight excluding hydrogens is 274 g/mol. The lowest BCUT2D eigenvalue weighted by Gasteiger charge is -2.10. The normalized spacial score (nSPS) is 12.3. The van der Waals surface area contributed by atoms with Crippen LogP contribution in [0, 0.1) is 13.8 Å². The first-order chi connectivity index (χ1) is 8.29. The van der Waals surface area contributed by atoms with Crippen LogP contribution in [0.2, 0.25) is 0 Å². The molecule has 18 heavy (non-hydrogen) atoms. The lowest BCUT2D eigenvalue weighted by Crippen LogP contribution is -2.31. The number of alkyl halides is 1. The van der Waals surface area contributed by atoms with Crippen LogP contribution in [0.1, 0.15) is 31.7 Å². The lowest BCUT2D eigenvalue weighted by molar-refractivity contribution is 0.565. The van der Waals surface area contributed by atoms with Crippen LogP contribution in [-0.4, -0.2) is 30.1 Å². The van der Waals surface area contributed by atoms with Gasteiger partial charge in [0, 0.05) is 18.5 Å². The molecule has 0 aromatic carbocycles. The largest absolute Gasteiger partial charge is 0.268 e. The zero-order valence-electron chi connectivity index (χ0n) is 11.2. The molecule has 5 nitrogen and oxygen atoms in total. The number of rotatable bonds is 6. The summed E-state index contributed by atoms with van der Waals surface area (Å²) in [5, 5.41) is 4.26. The lowest BCUT2D eigenvalue weighted by atomic mass is 10.4. The number of hydrogen-bond donors (Lipinski definition) is 1. The Balaban J connectivity index is 3.13. The highest BCUT2D eigenvalue weighted by Gasteiger charge is 2.24. The molecule has 1 aromatic rings. The highest BCUT2D eigenvalue weighted by Crippen LogP contribution is 2.19. The van der Waals surface area contributed by atoms with Crippen LogP contribution < -0.4 is 4.72 Å². The van der Waals surface area contributed by atoms with Crippen LogP contribution in [0.4, 0.5) is 0 Å². The molecule has 1 rings (SSSR count). The second kappa shape index (κ2) is 6.04. The zero-order chi connectivity index (χ0) is 13.9. The smallest absolute Gasteiger partial charge is 0.244 e. The maximum Gasteiger partial charge on any atom is 0.244 e. The van der Waals surface area contributed by atoms with E-state index in [0.717, 1.165) is 6.42 Å². The SMILES string of the molecule is Cc1nn(CCCCl)c(C)c1S(=O)(=O)NC(C)C. The van der Waals surface area contributed by atoms with Crippen molar-refractivity contribution >= 4 is 21.6 Å². The van der Waals surface area contributed by atoms with Crippen LogP contribution >= 0.6 is 11.6 Å². The third kappa shape index (κ3) is 3.46. The first-order valence-corrected chi connectivity index (χ1v) is 7.93. The number of halogens is 1. The molecule has 0 saturated heterocycles. The first-order valence-electron chi connectivity index (χ1n) is 5.92. The third-order valence-electron chi connectivity index (χ3n) is 2.48. The van der Waals surface area contributed by atoms with Gasteiger partial charge in [-0.3, -0.25) is 4.68 Å². The average Bonchev–Trinajstić information content (AvgIpc) is 2.49. The third-order valence-corrected chi connectivity index (χ3v) is 4.66. The van der Waals surface area contributed by atoms with Gasteiger partial charge in [0.1, 0.15) is 4.90 Å². The molecule has 1 heterocycles. The van der Waals surface area contributed by atoms with Crippen molar-refractivity contribution in [3.05, 3.63) is 11.4 Å². The fraction of sp³-hybridized carbons (Fsp3) is 0.727. The second-order valence-electron chi connectivity index (χ2n) is 4.54. The Bertz CT molecular complexity index is 509. The average molecular weight is 294 g/mol. The topological polar surface area (TPSA) is 64.0 Å². The summed E-state index contributed by atoms with van der Waals surface area (Å²) in [5.74, 6) is 0.532. The Morgan fingerprint density at radius 1 is 1.39 bits per heavy atom. The van der Waals surface area contributed by atoms with Crippen LogP contribution in [0.25, 0.3) is 0 Å². The van der Waals surface area contributed by atoms with Gasteiger partial charge >= 0.3 is 0 Å². The van der Waals surface area contributed by atoms with Crippen LogP contribution in [-0.2, 0) is 16.6 Å². The molecule has 0 fully saturated rings. The molecule has 0 aliphatic rings. The van der Waals surface area contributed by atoms with Gasteiger partial charge in [0.15, 0.2) is 0 Å². The summed E-state index contributed by atoms with van der Waals surface area (Å²) in [5.41, 5.74) is 1.18. The molecule has 7 heteroatoms. The Kier molecular flexibility index (Phi) is 5.19. The van der Waals surface area contributed by atoms with E-state index < -0.39 is 10.0 Å². The Hall–Kier alpha value is -0.590. The number of hydrogen-bond acceptors (Lipinski definition) is 3. The quantitative estimate of drug-likeness (QED) is 0.814. The van der Waals surface area contributed by atoms with E-state index in [9.17, 15) is 8.42 Å². The molecule has 1 aromatic heterocycles. The molecule has 0 atom stereocenters. The molecule has 0 saturated carbocycles. The van der Waals surface area contributed by atoms with E-state index in [1.54, 1.807) is 32.4 Å². The predicted octanol–water partition coefficient (Wildman–Crippen LogP) is 1.82. The van der Waals surface area contributed by atoms with Gasteiger partial charge in [0.2, 0.25) is 10.0 Å². The van der Waals surface area contributed by atoms with Crippen molar-refractivity contribution in [2.24, 2.45) is 0 Å². The van der Waals surface area contributed by atoms with Crippen molar-refractivity contribution in [2.45, 2.75) is 51.6 Å². The van der Waals surface area contributed by atoms with Gasteiger partial charge in [-0.25, -0.2) is 13.1 Å². The number of nitrogens with one attached hydrogen (secondary N) is 1. The summed E-state index contributed by atoms with van der Waals surface area (Å²) < 4.78 is 28.6. The van der Waals surface area contributed by atoms with Crippen molar-refractivity contribution in [3.8, 4) is 0 Å². The van der Waals surface area contributed by atoms with E-state index in [2.05, 4.69) is 9.82 Å². The fourth-order valence-electron chi connectivity index (χ4n) is 1.87. The summed E-state index contributed by atoms with van der Waals surface area (Å²) in [6, 6.07) is -0.139. The van der Waals surface area contributed by atoms with Crippen LogP contribution in [0.5, 0.6) is 0 Å². The molecule has 0 bridgehead atoms. The minimum Gasteiger partial charge on any atom is -0.268 e. The molecule has 0 aliphatic heterocycles. The molecule has 0 aliphatic carbocycles. The van der Waals surface area contributed by atoms with Gasteiger partial charge in [0.05, 0.1) is 11.4 Å². The van der Waals surface area contributed by atoms with E-state index >= 15 is 0 Å². The van der Waals surface area contributed by atoms with Gasteiger partial charge in [-0.05, 0) is 34.1 Å². The molecule has 104 valence electrons. The van der Waals surface area contributed by atoms with E-state index in [1.165, 1.54) is 0 Å². The van der Waals surface area contributed by atoms with Crippen molar-refractivity contribution in [3.63, 3.8) is 0 Å². The van der Waals surface area contributed by atoms with Crippen molar-refractivity contribution < 1.29 is 8.42 Å². The van der Waals surface area contributed by atoms with Crippen LogP contribution in [0.15, 0.2) is 4.90 Å². The minimum atomic E-state index is -3.49. The summed E-state index contributed by atoms with van der Waals surface area (Å²) in [6.45, 7) is 7.69. The predicted molar refractivity (Wildman–Crippen MR) is 72.5 cm³/mol. The molecule has 0 radical (unpaired) electrons. The van der Waals surface area contributed by atoms with Gasteiger partial charge < -0.3 is 0 Å². The van der Waals surface area contributed by atoms with Crippen molar-refractivity contribution in [1.82, 2.24) is 14.5 Å². The van der Waals surface area contributed by atoms with E-state index in [4.69, 9.17) is 11.6 Å². The molecule has 0 amide bonds. The summed E-state index contributed by atoms with van der Waals surface area (Å²) >= 11 is 5.64. The van der Waals surface area contributed by atoms with Crippen molar-refractivity contribution in [2.75, 3.05) is 5.88 Å². The van der Waals surface area contributed by atoms with E-state index in [-0.39, 0.29) is 10.9 Å². The molecule has 0 unspecified atom stereocenters. The number of nitrogens with zero attached hydrogens (tertiary/aromatic N) is 2. The fourth-order valence-corrected chi connectivity index (χ4v) is 3.65. The maximum atomic E-state index is 12.2. The van der Waals surface area contributed by atoms with Gasteiger partial charge in [-0.1, -0.05) is 0 Å². The number of aromatic nitrogens is 2. The Morgan fingerprint density at radius 2 is 2.00 bits per heavy atom. The Labute approximate surface area is 114 Å². The van der Waals surface area contributed by atoms with Crippen molar-refractivity contribution in [1.29, 1.82) is 0 Å². The minimum absolute atomic E-state index is 0.139.